The van der Waals surface area contributed by atoms with Crippen LogP contribution in [0.3, 0.4) is 0 Å². The van der Waals surface area contributed by atoms with Gasteiger partial charge >= 0.3 is 11.7 Å². The largest absolute Gasteiger partial charge is 0.471 e. The highest BCUT2D eigenvalue weighted by molar-refractivity contribution is 9.10. The number of rotatable bonds is 9. The zero-order valence-electron chi connectivity index (χ0n) is 20.0. The molecule has 10 nitrogen and oxygen atoms in total. The molecule has 0 aliphatic carbocycles. The predicted octanol–water partition coefficient (Wildman–Crippen LogP) is 5.45. The monoisotopic (exact) mass is 578 g/mol. The summed E-state index contributed by atoms with van der Waals surface area (Å²) in [6.07, 6.45) is 0.891. The van der Waals surface area contributed by atoms with Gasteiger partial charge in [-0.25, -0.2) is 9.78 Å². The predicted molar refractivity (Wildman–Crippen MR) is 140 cm³/mol. The smallest absolute Gasteiger partial charge is 0.347 e. The van der Waals surface area contributed by atoms with E-state index in [4.69, 9.17) is 21.1 Å². The lowest BCUT2D eigenvalue weighted by atomic mass is 10.1. The van der Waals surface area contributed by atoms with E-state index in [1.54, 1.807) is 25.1 Å². The fourth-order valence-electron chi connectivity index (χ4n) is 3.31. The van der Waals surface area contributed by atoms with Gasteiger partial charge < -0.3 is 9.47 Å². The average molecular weight is 580 g/mol. The van der Waals surface area contributed by atoms with E-state index in [0.29, 0.717) is 23.1 Å². The van der Waals surface area contributed by atoms with E-state index in [1.165, 1.54) is 29.9 Å². The number of aromatic nitrogens is 2. The van der Waals surface area contributed by atoms with Gasteiger partial charge in [0.15, 0.2) is 6.10 Å². The number of ether oxygens (including phenoxy) is 2. The first-order chi connectivity index (χ1) is 17.1. The minimum atomic E-state index is -1.11. The number of nitro benzene ring substituents is 1. The van der Waals surface area contributed by atoms with Crippen molar-refractivity contribution < 1.29 is 19.2 Å². The van der Waals surface area contributed by atoms with Crippen LogP contribution in [0.25, 0.3) is 10.9 Å². The number of nitrogens with zero attached hydrogens (tertiary/aromatic N) is 4. The summed E-state index contributed by atoms with van der Waals surface area (Å²) >= 11 is 9.65. The van der Waals surface area contributed by atoms with E-state index in [-0.39, 0.29) is 34.4 Å². The fourth-order valence-corrected chi connectivity index (χ4v) is 3.94. The number of hydrogen-bond acceptors (Lipinski definition) is 8. The Bertz CT molecular complexity index is 1410. The number of carbonyl (C=O) groups excluding carboxylic acids is 1. The zero-order valence-corrected chi connectivity index (χ0v) is 22.4. The number of halogens is 2. The van der Waals surface area contributed by atoms with Crippen LogP contribution < -0.4 is 10.3 Å². The van der Waals surface area contributed by atoms with Crippen molar-refractivity contribution in [1.82, 2.24) is 9.66 Å². The number of fused-ring (bicyclic) bond motifs is 1. The van der Waals surface area contributed by atoms with Gasteiger partial charge in [0.1, 0.15) is 5.82 Å². The van der Waals surface area contributed by atoms with Gasteiger partial charge in [0.05, 0.1) is 33.7 Å². The van der Waals surface area contributed by atoms with Gasteiger partial charge in [-0.1, -0.05) is 41.4 Å². The van der Waals surface area contributed by atoms with Crippen LogP contribution in [0.1, 0.15) is 51.4 Å². The van der Waals surface area contributed by atoms with E-state index in [9.17, 15) is 19.7 Å². The SMILES string of the molecule is CCOC(=O)[C@H](C)Oc1c(Cl)cc(C=Nn2c([C@H](C)CC)nc3ccc(Br)cc3c2=O)cc1[N+](=O)[O-]. The third-order valence-corrected chi connectivity index (χ3v) is 6.14. The molecule has 1 aromatic heterocycles. The molecule has 2 aromatic carbocycles. The van der Waals surface area contributed by atoms with Crippen LogP contribution in [0, 0.1) is 10.1 Å². The lowest BCUT2D eigenvalue weighted by Crippen LogP contribution is -2.26. The average Bonchev–Trinajstić information content (AvgIpc) is 2.84. The highest BCUT2D eigenvalue weighted by atomic mass is 79.9. The second kappa shape index (κ2) is 11.6. The second-order valence-electron chi connectivity index (χ2n) is 7.92. The molecule has 12 heteroatoms. The van der Waals surface area contributed by atoms with E-state index < -0.39 is 22.7 Å². The third-order valence-electron chi connectivity index (χ3n) is 5.36. The standard InChI is InChI=1S/C24H24BrClN4O6/c1-5-13(3)22-28-19-8-7-16(25)11-17(19)23(31)29(22)27-12-15-9-18(26)21(20(10-15)30(33)34)36-14(4)24(32)35-6-2/h7-14H,5-6H2,1-4H3/t13-,14+/m1/s1. The Morgan fingerprint density at radius 2 is 2.03 bits per heavy atom. The van der Waals surface area contributed by atoms with Crippen LogP contribution in [0.4, 0.5) is 5.69 Å². The normalized spacial score (nSPS) is 13.1. The molecule has 0 radical (unpaired) electrons. The molecule has 0 aliphatic rings. The minimum absolute atomic E-state index is 0.0824. The molecule has 0 aliphatic heterocycles. The van der Waals surface area contributed by atoms with Crippen LogP contribution in [0.2, 0.25) is 5.02 Å². The summed E-state index contributed by atoms with van der Waals surface area (Å²) in [5, 5.41) is 16.3. The van der Waals surface area contributed by atoms with Crippen molar-refractivity contribution in [3.63, 3.8) is 0 Å². The van der Waals surface area contributed by atoms with Crippen molar-refractivity contribution in [3.05, 3.63) is 71.7 Å². The molecule has 3 rings (SSSR count). The maximum atomic E-state index is 13.3. The number of esters is 1. The van der Waals surface area contributed by atoms with Crippen molar-refractivity contribution >= 4 is 56.3 Å². The molecule has 0 amide bonds. The van der Waals surface area contributed by atoms with E-state index >= 15 is 0 Å². The number of hydrogen-bond donors (Lipinski definition) is 0. The van der Waals surface area contributed by atoms with E-state index in [0.717, 1.165) is 4.47 Å². The second-order valence-corrected chi connectivity index (χ2v) is 9.25. The Morgan fingerprint density at radius 1 is 1.31 bits per heavy atom. The van der Waals surface area contributed by atoms with Crippen LogP contribution in [-0.4, -0.2) is 39.5 Å². The van der Waals surface area contributed by atoms with E-state index in [2.05, 4.69) is 26.0 Å². The Morgan fingerprint density at radius 3 is 2.67 bits per heavy atom. The first-order valence-electron chi connectivity index (χ1n) is 11.1. The molecule has 0 N–H and O–H groups in total. The Balaban J connectivity index is 2.08. The molecule has 3 aromatic rings. The molecular weight excluding hydrogens is 556 g/mol. The Hall–Kier alpha value is -3.31. The van der Waals surface area contributed by atoms with Gasteiger partial charge in [0, 0.05) is 22.0 Å². The van der Waals surface area contributed by atoms with Gasteiger partial charge in [0.25, 0.3) is 5.56 Å². The van der Waals surface area contributed by atoms with Gasteiger partial charge in [-0.2, -0.15) is 9.78 Å². The molecule has 0 spiro atoms. The zero-order chi connectivity index (χ0) is 26.6. The summed E-state index contributed by atoms with van der Waals surface area (Å²) in [4.78, 5) is 40.9. The molecule has 190 valence electrons. The van der Waals surface area contributed by atoms with Crippen molar-refractivity contribution in [2.75, 3.05) is 6.61 Å². The van der Waals surface area contributed by atoms with Gasteiger partial charge in [-0.15, -0.1) is 0 Å². The summed E-state index contributed by atoms with van der Waals surface area (Å²) < 4.78 is 12.2. The van der Waals surface area contributed by atoms with E-state index in [1.807, 2.05) is 13.8 Å². The van der Waals surface area contributed by atoms with Crippen LogP contribution in [0.5, 0.6) is 5.75 Å². The van der Waals surface area contributed by atoms with Gasteiger partial charge in [0.2, 0.25) is 5.75 Å². The summed E-state index contributed by atoms with van der Waals surface area (Å²) in [7, 11) is 0. The maximum Gasteiger partial charge on any atom is 0.347 e. The molecule has 0 fully saturated rings. The van der Waals surface area contributed by atoms with Crippen molar-refractivity contribution in [1.29, 1.82) is 0 Å². The highest BCUT2D eigenvalue weighted by Gasteiger charge is 2.25. The summed E-state index contributed by atoms with van der Waals surface area (Å²) in [6.45, 7) is 7.07. The summed E-state index contributed by atoms with van der Waals surface area (Å²) in [6, 6.07) is 7.80. The minimum Gasteiger partial charge on any atom is -0.471 e. The summed E-state index contributed by atoms with van der Waals surface area (Å²) in [5.41, 5.74) is -0.0492. The molecule has 1 heterocycles. The lowest BCUT2D eigenvalue weighted by molar-refractivity contribution is -0.386. The molecule has 0 bridgehead atoms. The third kappa shape index (κ3) is 5.90. The Labute approximate surface area is 220 Å². The molecule has 36 heavy (non-hydrogen) atoms. The van der Waals surface area contributed by atoms with Gasteiger partial charge in [-0.3, -0.25) is 14.9 Å². The summed E-state index contributed by atoms with van der Waals surface area (Å²) in [5.74, 6) is -0.576. The fraction of sp³-hybridized carbons (Fsp3) is 0.333. The molecular formula is C24H24BrClN4O6. The number of benzene rings is 2. The first-order valence-corrected chi connectivity index (χ1v) is 12.3. The Kier molecular flexibility index (Phi) is 8.80. The quantitative estimate of drug-likeness (QED) is 0.143. The van der Waals surface area contributed by atoms with Crippen molar-refractivity contribution in [2.24, 2.45) is 5.10 Å². The molecule has 0 unspecified atom stereocenters. The van der Waals surface area contributed by atoms with Crippen LogP contribution in [0.15, 0.2) is 44.7 Å². The molecule has 2 atom stereocenters. The number of carbonyl (C=O) groups is 1. The lowest BCUT2D eigenvalue weighted by Gasteiger charge is -2.15. The van der Waals surface area contributed by atoms with Crippen LogP contribution in [-0.2, 0) is 9.53 Å². The van der Waals surface area contributed by atoms with Crippen molar-refractivity contribution in [3.8, 4) is 5.75 Å². The highest BCUT2D eigenvalue weighted by Crippen LogP contribution is 2.36. The molecule has 0 saturated heterocycles. The van der Waals surface area contributed by atoms with Crippen LogP contribution >= 0.6 is 27.5 Å². The molecule has 0 saturated carbocycles. The topological polar surface area (TPSA) is 126 Å². The number of nitro groups is 1. The first kappa shape index (κ1) is 27.3. The van der Waals surface area contributed by atoms with Gasteiger partial charge in [-0.05, 0) is 44.5 Å². The maximum absolute atomic E-state index is 13.3. The van der Waals surface area contributed by atoms with Crippen molar-refractivity contribution in [2.45, 2.75) is 46.1 Å².